The van der Waals surface area contributed by atoms with Gasteiger partial charge < -0.3 is 0 Å². The molecule has 0 aliphatic heterocycles. The van der Waals surface area contributed by atoms with E-state index in [4.69, 9.17) is 0 Å². The number of carbonyl (C=O) groups excluding carboxylic acids is 1. The minimum absolute atomic E-state index is 0.142. The van der Waals surface area contributed by atoms with Gasteiger partial charge in [-0.05, 0) is 48.4 Å². The molecule has 2 rings (SSSR count). The predicted octanol–water partition coefficient (Wildman–Crippen LogP) is 3.19. The summed E-state index contributed by atoms with van der Waals surface area (Å²) in [6.07, 6.45) is 0.467. The fourth-order valence-corrected chi connectivity index (χ4v) is 2.32. The molecule has 2 aromatic heterocycles. The van der Waals surface area contributed by atoms with Crippen molar-refractivity contribution in [1.82, 2.24) is 4.98 Å². The molecule has 0 aliphatic carbocycles. The van der Waals surface area contributed by atoms with Crippen LogP contribution in [0.15, 0.2) is 29.0 Å². The summed E-state index contributed by atoms with van der Waals surface area (Å²) in [5.74, 6) is 0.142. The Kier molecular flexibility index (Phi) is 3.15. The second-order valence-electron chi connectivity index (χ2n) is 3.82. The number of nitrogens with zero attached hydrogens (tertiary/aromatic N) is 1. The summed E-state index contributed by atoms with van der Waals surface area (Å²) in [4.78, 5) is 16.3. The molecule has 2 aromatic rings. The average Bonchev–Trinajstić information content (AvgIpc) is 2.70. The third-order valence-electron chi connectivity index (χ3n) is 2.47. The Morgan fingerprint density at radius 2 is 2.12 bits per heavy atom. The molecule has 0 atom stereocenters. The van der Waals surface area contributed by atoms with Crippen LogP contribution < -0.4 is 0 Å². The van der Waals surface area contributed by atoms with Gasteiger partial charge in [0.2, 0.25) is 0 Å². The molecule has 3 heteroatoms. The van der Waals surface area contributed by atoms with Gasteiger partial charge in [0.25, 0.3) is 0 Å². The number of rotatable bonds is 3. The highest BCUT2D eigenvalue weighted by Gasteiger charge is 2.10. The number of hydrogen-bond acceptors (Lipinski definition) is 3. The fourth-order valence-electron chi connectivity index (χ4n) is 1.66. The molecular weight excluding hydrogens is 218 g/mol. The van der Waals surface area contributed by atoms with Crippen molar-refractivity contribution < 1.29 is 4.79 Å². The van der Waals surface area contributed by atoms with Gasteiger partial charge in [0.15, 0.2) is 5.78 Å². The van der Waals surface area contributed by atoms with Crippen molar-refractivity contribution in [2.75, 3.05) is 0 Å². The Bertz CT molecular complexity index is 503. The molecule has 2 heterocycles. The van der Waals surface area contributed by atoms with E-state index in [1.54, 1.807) is 11.3 Å². The van der Waals surface area contributed by atoms with Gasteiger partial charge in [-0.1, -0.05) is 0 Å². The molecule has 0 unspecified atom stereocenters. The van der Waals surface area contributed by atoms with Crippen molar-refractivity contribution in [3.05, 3.63) is 51.5 Å². The first-order valence-corrected chi connectivity index (χ1v) is 6.09. The smallest absolute Gasteiger partial charge is 0.169 e. The molecule has 2 nitrogen and oxygen atoms in total. The van der Waals surface area contributed by atoms with Crippen LogP contribution in [0.25, 0.3) is 0 Å². The second-order valence-corrected chi connectivity index (χ2v) is 4.60. The highest BCUT2D eigenvalue weighted by atomic mass is 32.1. The highest BCUT2D eigenvalue weighted by Crippen LogP contribution is 2.13. The summed E-state index contributed by atoms with van der Waals surface area (Å²) in [5, 5.41) is 4.00. The number of aromatic nitrogens is 1. The maximum absolute atomic E-state index is 12.0. The van der Waals surface area contributed by atoms with Crippen LogP contribution in [-0.2, 0) is 6.42 Å². The maximum atomic E-state index is 12.0. The van der Waals surface area contributed by atoms with Crippen LogP contribution in [0.2, 0.25) is 0 Å². The summed E-state index contributed by atoms with van der Waals surface area (Å²) >= 11 is 1.62. The van der Waals surface area contributed by atoms with Gasteiger partial charge in [0.1, 0.15) is 0 Å². The maximum Gasteiger partial charge on any atom is 0.169 e. The van der Waals surface area contributed by atoms with Crippen molar-refractivity contribution in [3.63, 3.8) is 0 Å². The number of thiophene rings is 1. The number of aryl methyl sites for hydroxylation is 2. The van der Waals surface area contributed by atoms with Crippen LogP contribution in [-0.4, -0.2) is 10.8 Å². The van der Waals surface area contributed by atoms with Gasteiger partial charge in [-0.25, -0.2) is 0 Å². The van der Waals surface area contributed by atoms with Crippen molar-refractivity contribution in [1.29, 1.82) is 0 Å². The van der Waals surface area contributed by atoms with Crippen LogP contribution in [0.3, 0.4) is 0 Å². The molecular formula is C13H13NOS. The predicted molar refractivity (Wildman–Crippen MR) is 66.1 cm³/mol. The lowest BCUT2D eigenvalue weighted by Gasteiger charge is -2.04. The molecule has 0 bridgehead atoms. The Morgan fingerprint density at radius 3 is 2.75 bits per heavy atom. The Balaban J connectivity index is 2.21. The lowest BCUT2D eigenvalue weighted by atomic mass is 10.0. The third kappa shape index (κ3) is 2.36. The molecule has 0 aliphatic rings. The summed E-state index contributed by atoms with van der Waals surface area (Å²) in [6.45, 7) is 3.81. The van der Waals surface area contributed by atoms with E-state index in [1.807, 2.05) is 42.8 Å². The van der Waals surface area contributed by atoms with E-state index in [0.717, 1.165) is 22.5 Å². The molecule has 0 radical (unpaired) electrons. The first-order chi connectivity index (χ1) is 7.66. The van der Waals surface area contributed by atoms with E-state index in [0.29, 0.717) is 6.42 Å². The van der Waals surface area contributed by atoms with Crippen molar-refractivity contribution in [2.24, 2.45) is 0 Å². The van der Waals surface area contributed by atoms with Crippen LogP contribution >= 0.6 is 11.3 Å². The van der Waals surface area contributed by atoms with Crippen LogP contribution in [0.1, 0.15) is 27.3 Å². The van der Waals surface area contributed by atoms with Gasteiger partial charge in [0.05, 0.1) is 0 Å². The molecule has 0 saturated heterocycles. The van der Waals surface area contributed by atoms with E-state index in [-0.39, 0.29) is 5.78 Å². The van der Waals surface area contributed by atoms with Crippen LogP contribution in [0.5, 0.6) is 0 Å². The van der Waals surface area contributed by atoms with E-state index in [1.165, 1.54) is 0 Å². The molecule has 0 saturated carbocycles. The molecule has 16 heavy (non-hydrogen) atoms. The van der Waals surface area contributed by atoms with Gasteiger partial charge in [-0.3, -0.25) is 9.78 Å². The van der Waals surface area contributed by atoms with E-state index < -0.39 is 0 Å². The van der Waals surface area contributed by atoms with Crippen molar-refractivity contribution >= 4 is 17.1 Å². The molecule has 0 amide bonds. The third-order valence-corrected chi connectivity index (χ3v) is 3.20. The monoisotopic (exact) mass is 231 g/mol. The normalized spacial score (nSPS) is 10.4. The summed E-state index contributed by atoms with van der Waals surface area (Å²) in [5.41, 5.74) is 3.58. The van der Waals surface area contributed by atoms with Crippen LogP contribution in [0, 0.1) is 13.8 Å². The Morgan fingerprint density at radius 1 is 1.31 bits per heavy atom. The summed E-state index contributed by atoms with van der Waals surface area (Å²) < 4.78 is 0. The summed E-state index contributed by atoms with van der Waals surface area (Å²) in [7, 11) is 0. The van der Waals surface area contributed by atoms with Gasteiger partial charge in [-0.2, -0.15) is 11.3 Å². The Labute approximate surface area is 99.0 Å². The van der Waals surface area contributed by atoms with Gasteiger partial charge in [-0.15, -0.1) is 0 Å². The fraction of sp³-hybridized carbons (Fsp3) is 0.231. The largest absolute Gasteiger partial charge is 0.294 e. The van der Waals surface area contributed by atoms with Crippen molar-refractivity contribution in [3.8, 4) is 0 Å². The molecule has 0 spiro atoms. The molecule has 0 aromatic carbocycles. The zero-order valence-electron chi connectivity index (χ0n) is 9.36. The molecule has 82 valence electrons. The number of pyridine rings is 1. The minimum atomic E-state index is 0.142. The molecule has 0 fully saturated rings. The molecule has 0 N–H and O–H groups in total. The average molecular weight is 231 g/mol. The number of Topliss-reactive ketones (excluding diaryl/α,β-unsaturated/α-hetero) is 1. The first-order valence-electron chi connectivity index (χ1n) is 5.15. The summed E-state index contributed by atoms with van der Waals surface area (Å²) in [6, 6.07) is 5.74. The standard InChI is InChI=1S/C13H13NOS/c1-9-3-4-12(10(2)14-9)13(15)7-11-5-6-16-8-11/h3-6,8H,7H2,1-2H3. The van der Waals surface area contributed by atoms with Crippen molar-refractivity contribution in [2.45, 2.75) is 20.3 Å². The SMILES string of the molecule is Cc1ccc(C(=O)Cc2ccsc2)c(C)n1. The van der Waals surface area contributed by atoms with Gasteiger partial charge in [0, 0.05) is 23.4 Å². The quantitative estimate of drug-likeness (QED) is 0.759. The number of carbonyl (C=O) groups is 1. The zero-order valence-corrected chi connectivity index (χ0v) is 10.2. The van der Waals surface area contributed by atoms with Crippen LogP contribution in [0.4, 0.5) is 0 Å². The highest BCUT2D eigenvalue weighted by molar-refractivity contribution is 7.08. The van der Waals surface area contributed by atoms with Gasteiger partial charge >= 0.3 is 0 Å². The topological polar surface area (TPSA) is 30.0 Å². The van der Waals surface area contributed by atoms with E-state index in [9.17, 15) is 4.79 Å². The Hall–Kier alpha value is -1.48. The lowest BCUT2D eigenvalue weighted by Crippen LogP contribution is -2.06. The minimum Gasteiger partial charge on any atom is -0.294 e. The van der Waals surface area contributed by atoms with E-state index in [2.05, 4.69) is 4.98 Å². The lowest BCUT2D eigenvalue weighted by molar-refractivity contribution is 0.0992. The second kappa shape index (κ2) is 4.58. The zero-order chi connectivity index (χ0) is 11.5. The number of ketones is 1. The van der Waals surface area contributed by atoms with E-state index >= 15 is 0 Å². The first kappa shape index (κ1) is 11.0. The number of hydrogen-bond donors (Lipinski definition) is 0.